The predicted octanol–water partition coefficient (Wildman–Crippen LogP) is 6.21. The number of unbranched alkanes of at least 4 members (excludes halogenated alkanes) is 1. The maximum absolute atomic E-state index is 13.1. The second-order valence-corrected chi connectivity index (χ2v) is 9.84. The van der Waals surface area contributed by atoms with Gasteiger partial charge in [-0.15, -0.1) is 21.2 Å². The zero-order valence-electron chi connectivity index (χ0n) is 17.8. The Morgan fingerprint density at radius 2 is 1.77 bits per heavy atom. The molecule has 0 fully saturated rings. The molecular weight excluding hydrogens is 420 g/mol. The van der Waals surface area contributed by atoms with Crippen molar-refractivity contribution in [2.75, 3.05) is 18.9 Å². The van der Waals surface area contributed by atoms with Gasteiger partial charge in [-0.25, -0.2) is 4.39 Å². The summed E-state index contributed by atoms with van der Waals surface area (Å²) in [5, 5.41) is 3.30. The van der Waals surface area contributed by atoms with Crippen LogP contribution in [0.15, 0.2) is 53.4 Å². The molecule has 2 rings (SSSR count). The molecule has 1 unspecified atom stereocenters. The van der Waals surface area contributed by atoms with Gasteiger partial charge in [0, 0.05) is 16.0 Å². The molecular formula is C23H32FNO3PS+. The Labute approximate surface area is 184 Å². The maximum Gasteiger partial charge on any atom is 0.694 e. The van der Waals surface area contributed by atoms with Crippen LogP contribution in [0.25, 0.3) is 0 Å². The monoisotopic (exact) mass is 452 g/mol. The van der Waals surface area contributed by atoms with E-state index in [1.54, 1.807) is 12.1 Å². The Hall–Kier alpha value is -1.30. The van der Waals surface area contributed by atoms with Gasteiger partial charge in [0.2, 0.25) is 0 Å². The molecule has 0 aliphatic carbocycles. The standard InChI is InChI=1S/C23H31FNO3PS/c1-23(2,20-8-10-21(24)11-9-20)14-3-4-17-30-22-12-6-19(7-13-22)18-25-15-5-16-28-29(26)27/h6-13,25H,3-5,14-18H2,1-2H3/p+1. The quantitative estimate of drug-likeness (QED) is 0.203. The summed E-state index contributed by atoms with van der Waals surface area (Å²) in [6.07, 6.45) is 4.09. The van der Waals surface area contributed by atoms with Crippen LogP contribution < -0.4 is 5.32 Å². The number of thioether (sulfide) groups is 1. The van der Waals surface area contributed by atoms with Crippen LogP contribution in [0, 0.1) is 5.82 Å². The van der Waals surface area contributed by atoms with E-state index in [1.807, 2.05) is 23.9 Å². The van der Waals surface area contributed by atoms with E-state index < -0.39 is 8.25 Å². The largest absolute Gasteiger partial charge is 0.694 e. The zero-order valence-corrected chi connectivity index (χ0v) is 19.5. The van der Waals surface area contributed by atoms with Crippen molar-refractivity contribution in [3.05, 3.63) is 65.5 Å². The molecule has 0 heterocycles. The molecule has 0 bridgehead atoms. The first kappa shape index (κ1) is 25.0. The van der Waals surface area contributed by atoms with Crippen LogP contribution in [0.4, 0.5) is 4.39 Å². The molecule has 0 aliphatic rings. The minimum Gasteiger partial charge on any atom is -0.313 e. The van der Waals surface area contributed by atoms with E-state index in [-0.39, 0.29) is 17.8 Å². The molecule has 164 valence electrons. The third-order valence-electron chi connectivity index (χ3n) is 5.04. The molecule has 2 aromatic carbocycles. The van der Waals surface area contributed by atoms with Crippen molar-refractivity contribution < 1.29 is 18.4 Å². The van der Waals surface area contributed by atoms with Crippen LogP contribution in [0.2, 0.25) is 0 Å². The molecule has 2 aromatic rings. The van der Waals surface area contributed by atoms with Crippen molar-refractivity contribution in [2.24, 2.45) is 0 Å². The van der Waals surface area contributed by atoms with Crippen LogP contribution in [-0.4, -0.2) is 23.8 Å². The average Bonchev–Trinajstić information content (AvgIpc) is 2.71. The van der Waals surface area contributed by atoms with E-state index >= 15 is 0 Å². The molecule has 0 aliphatic heterocycles. The number of hydrogen-bond donors (Lipinski definition) is 2. The smallest absolute Gasteiger partial charge is 0.313 e. The van der Waals surface area contributed by atoms with Gasteiger partial charge in [0.15, 0.2) is 0 Å². The van der Waals surface area contributed by atoms with Crippen LogP contribution in [0.1, 0.15) is 50.7 Å². The van der Waals surface area contributed by atoms with Crippen molar-refractivity contribution in [1.29, 1.82) is 0 Å². The summed E-state index contributed by atoms with van der Waals surface area (Å²) in [5.41, 5.74) is 2.47. The molecule has 1 atom stereocenters. The Morgan fingerprint density at radius 3 is 2.43 bits per heavy atom. The molecule has 0 amide bonds. The highest BCUT2D eigenvalue weighted by Crippen LogP contribution is 2.30. The Bertz CT molecular complexity index is 769. The highest BCUT2D eigenvalue weighted by Gasteiger charge is 2.19. The summed E-state index contributed by atoms with van der Waals surface area (Å²) < 4.78 is 28.1. The zero-order chi connectivity index (χ0) is 21.8. The van der Waals surface area contributed by atoms with Gasteiger partial charge in [-0.05, 0) is 72.4 Å². The van der Waals surface area contributed by atoms with Gasteiger partial charge in [0.25, 0.3) is 0 Å². The van der Waals surface area contributed by atoms with Crippen molar-refractivity contribution in [3.8, 4) is 0 Å². The average molecular weight is 453 g/mol. The predicted molar refractivity (Wildman–Crippen MR) is 123 cm³/mol. The van der Waals surface area contributed by atoms with E-state index in [2.05, 4.69) is 48.0 Å². The first-order valence-electron chi connectivity index (χ1n) is 10.3. The fraction of sp³-hybridized carbons (Fsp3) is 0.478. The molecule has 0 spiro atoms. The van der Waals surface area contributed by atoms with Crippen molar-refractivity contribution in [1.82, 2.24) is 5.32 Å². The summed E-state index contributed by atoms with van der Waals surface area (Å²) in [6, 6.07) is 15.5. The number of halogens is 1. The van der Waals surface area contributed by atoms with E-state index in [9.17, 15) is 8.96 Å². The van der Waals surface area contributed by atoms with Gasteiger partial charge in [0.05, 0.1) is 0 Å². The highest BCUT2D eigenvalue weighted by molar-refractivity contribution is 7.99. The van der Waals surface area contributed by atoms with E-state index in [0.717, 1.165) is 38.1 Å². The lowest BCUT2D eigenvalue weighted by Gasteiger charge is -2.25. The second kappa shape index (κ2) is 13.2. The molecule has 4 nitrogen and oxygen atoms in total. The second-order valence-electron chi connectivity index (χ2n) is 7.94. The molecule has 30 heavy (non-hydrogen) atoms. The van der Waals surface area contributed by atoms with Gasteiger partial charge >= 0.3 is 8.25 Å². The Kier molecular flexibility index (Phi) is 11.0. The van der Waals surface area contributed by atoms with Crippen molar-refractivity contribution in [3.63, 3.8) is 0 Å². The fourth-order valence-corrected chi connectivity index (χ4v) is 4.38. The minimum absolute atomic E-state index is 0.0643. The van der Waals surface area contributed by atoms with Crippen molar-refractivity contribution >= 4 is 20.0 Å². The molecule has 2 N–H and O–H groups in total. The third-order valence-corrected chi connectivity index (χ3v) is 6.54. The normalized spacial score (nSPS) is 12.2. The van der Waals surface area contributed by atoms with E-state index in [0.29, 0.717) is 6.42 Å². The molecule has 7 heteroatoms. The van der Waals surface area contributed by atoms with Gasteiger partial charge in [-0.2, -0.15) is 0 Å². The molecule has 0 saturated carbocycles. The summed E-state index contributed by atoms with van der Waals surface area (Å²) in [5.74, 6) is 0.907. The Morgan fingerprint density at radius 1 is 1.07 bits per heavy atom. The topological polar surface area (TPSA) is 58.6 Å². The third kappa shape index (κ3) is 9.67. The lowest BCUT2D eigenvalue weighted by molar-refractivity contribution is 0.276. The first-order chi connectivity index (χ1) is 14.4. The summed E-state index contributed by atoms with van der Waals surface area (Å²) in [6.45, 7) is 6.25. The molecule has 0 radical (unpaired) electrons. The number of nitrogens with one attached hydrogen (secondary N) is 1. The van der Waals surface area contributed by atoms with Crippen LogP contribution in [-0.2, 0) is 21.0 Å². The lowest BCUT2D eigenvalue weighted by atomic mass is 9.80. The highest BCUT2D eigenvalue weighted by atomic mass is 32.2. The Balaban J connectivity index is 1.60. The van der Waals surface area contributed by atoms with Gasteiger partial charge in [0.1, 0.15) is 12.4 Å². The summed E-state index contributed by atoms with van der Waals surface area (Å²) >= 11 is 1.88. The van der Waals surface area contributed by atoms with Crippen molar-refractivity contribution in [2.45, 2.75) is 56.4 Å². The van der Waals surface area contributed by atoms with Gasteiger partial charge in [-0.1, -0.05) is 44.5 Å². The fourth-order valence-electron chi connectivity index (χ4n) is 3.18. The van der Waals surface area contributed by atoms with E-state index in [4.69, 9.17) is 4.89 Å². The van der Waals surface area contributed by atoms with Crippen LogP contribution in [0.5, 0.6) is 0 Å². The maximum atomic E-state index is 13.1. The van der Waals surface area contributed by atoms with E-state index in [1.165, 1.54) is 16.0 Å². The van der Waals surface area contributed by atoms with Crippen LogP contribution >= 0.6 is 20.0 Å². The number of benzene rings is 2. The first-order valence-corrected chi connectivity index (χ1v) is 12.5. The lowest BCUT2D eigenvalue weighted by Crippen LogP contribution is -2.17. The minimum atomic E-state index is -2.49. The summed E-state index contributed by atoms with van der Waals surface area (Å²) in [7, 11) is -2.49. The number of rotatable bonds is 14. The molecule has 0 aromatic heterocycles. The SMILES string of the molecule is CC(C)(CCCCSc1ccc(CNCCCO[P+](=O)O)cc1)c1ccc(F)cc1. The number of hydrogen-bond acceptors (Lipinski definition) is 4. The summed E-state index contributed by atoms with van der Waals surface area (Å²) in [4.78, 5) is 9.82. The molecule has 0 saturated heterocycles. The van der Waals surface area contributed by atoms with Gasteiger partial charge < -0.3 is 5.32 Å². The van der Waals surface area contributed by atoms with Crippen LogP contribution in [0.3, 0.4) is 0 Å². The van der Waals surface area contributed by atoms with Gasteiger partial charge in [-0.3, -0.25) is 0 Å².